The largest absolute Gasteiger partial charge is 0.467 e. The van der Waals surface area contributed by atoms with E-state index in [1.165, 1.54) is 24.9 Å². The Bertz CT molecular complexity index is 1970. The molecule has 5 heterocycles. The van der Waals surface area contributed by atoms with Crippen molar-refractivity contribution in [1.29, 1.82) is 5.26 Å². The van der Waals surface area contributed by atoms with E-state index in [1.807, 2.05) is 0 Å². The number of amides is 1. The van der Waals surface area contributed by atoms with E-state index in [2.05, 4.69) is 20.2 Å². The van der Waals surface area contributed by atoms with Crippen molar-refractivity contribution in [2.45, 2.75) is 63.8 Å². The van der Waals surface area contributed by atoms with Gasteiger partial charge in [0.2, 0.25) is 0 Å². The van der Waals surface area contributed by atoms with Crippen LogP contribution in [0.3, 0.4) is 0 Å². The molecule has 9 nitrogen and oxygen atoms in total. The van der Waals surface area contributed by atoms with Crippen LogP contribution in [0.1, 0.15) is 50.2 Å². The summed E-state index contributed by atoms with van der Waals surface area (Å²) in [6.07, 6.45) is -3.29. The number of nitriles is 1. The van der Waals surface area contributed by atoms with Crippen LogP contribution in [0.5, 0.6) is 6.01 Å². The first-order valence-electron chi connectivity index (χ1n) is 16.4. The standard InChI is InChI=1S/C21H14F5N5OS.C7H12FN.C6H9F2NO/c1-3-29-19-9-6-11(21(24,25)26)14(15(23)16(9)30-20(31-19)32-2)8-4-5-12(22)17-13(8)10(7-27)18(28)33-17;8-6-4-7-2-1-3-9(7)5-6;7-5(8)6(10)9-3-1-2-4-9/h4-6H,3,28H2,1-2H3,(H,29,30,31);6-7H,1-5H2;5H,1-4H2. The molecule has 3 saturated heterocycles. The lowest BCUT2D eigenvalue weighted by molar-refractivity contribution is -0.141. The highest BCUT2D eigenvalue weighted by atomic mass is 32.1. The molecule has 3 fully saturated rings. The van der Waals surface area contributed by atoms with Crippen molar-refractivity contribution < 1.29 is 44.7 Å². The zero-order valence-electron chi connectivity index (χ0n) is 28.1. The number of likely N-dealkylation sites (tertiary alicyclic amines) is 1. The number of halogens is 8. The number of ether oxygens (including phenoxy) is 1. The number of hydrogen-bond donors (Lipinski definition) is 2. The van der Waals surface area contributed by atoms with Gasteiger partial charge in [-0.15, -0.1) is 11.3 Å². The summed E-state index contributed by atoms with van der Waals surface area (Å²) in [5.41, 5.74) is 2.59. The van der Waals surface area contributed by atoms with E-state index in [4.69, 9.17) is 10.5 Å². The molecule has 3 aliphatic rings. The number of nitrogens with two attached hydrogens (primary N) is 1. The van der Waals surface area contributed by atoms with E-state index in [9.17, 15) is 40.8 Å². The summed E-state index contributed by atoms with van der Waals surface area (Å²) in [6.45, 7) is 4.84. The van der Waals surface area contributed by atoms with Gasteiger partial charge in [-0.25, -0.2) is 13.2 Å². The number of nitrogens with one attached hydrogen (secondary N) is 1. The minimum atomic E-state index is -5.00. The Morgan fingerprint density at radius 1 is 1.17 bits per heavy atom. The summed E-state index contributed by atoms with van der Waals surface area (Å²) < 4.78 is 114. The van der Waals surface area contributed by atoms with Crippen molar-refractivity contribution >= 4 is 49.1 Å². The SMILES string of the molecule is CCNc1nc(OC)nc2c(F)c(-c3ccc(F)c4sc(N)c(C#N)c34)c(C(F)(F)F)cc12.FC1CC2CCCN2C1.O=C(C(F)F)N1CCCC1. The molecule has 0 saturated carbocycles. The van der Waals surface area contributed by atoms with Crippen LogP contribution in [0.15, 0.2) is 18.2 Å². The predicted octanol–water partition coefficient (Wildman–Crippen LogP) is 7.77. The Kier molecular flexibility index (Phi) is 11.9. The van der Waals surface area contributed by atoms with Crippen molar-refractivity contribution in [3.8, 4) is 23.2 Å². The van der Waals surface area contributed by atoms with Crippen molar-refractivity contribution in [3.05, 3.63) is 41.0 Å². The summed E-state index contributed by atoms with van der Waals surface area (Å²) in [5, 5.41) is 11.8. The molecule has 7 rings (SSSR count). The monoisotopic (exact) mass is 757 g/mol. The van der Waals surface area contributed by atoms with E-state index in [1.54, 1.807) is 13.0 Å². The highest BCUT2D eigenvalue weighted by molar-refractivity contribution is 7.23. The van der Waals surface area contributed by atoms with Crippen molar-refractivity contribution in [2.75, 3.05) is 50.9 Å². The van der Waals surface area contributed by atoms with E-state index in [0.717, 1.165) is 44.0 Å². The van der Waals surface area contributed by atoms with Gasteiger partial charge in [-0.2, -0.15) is 37.2 Å². The van der Waals surface area contributed by atoms with Gasteiger partial charge < -0.3 is 20.7 Å². The second-order valence-electron chi connectivity index (χ2n) is 12.3. The number of thiophene rings is 1. The molecule has 52 heavy (non-hydrogen) atoms. The summed E-state index contributed by atoms with van der Waals surface area (Å²) in [6, 6.07) is 4.75. The molecule has 3 aliphatic heterocycles. The Hall–Kier alpha value is -4.50. The molecule has 18 heteroatoms. The van der Waals surface area contributed by atoms with Gasteiger partial charge in [-0.05, 0) is 63.3 Å². The van der Waals surface area contributed by atoms with Gasteiger partial charge in [0.1, 0.15) is 34.4 Å². The topological polar surface area (TPSA) is 120 Å². The number of carbonyl (C=O) groups excluding carboxylic acids is 1. The third-order valence-corrected chi connectivity index (χ3v) is 10.0. The summed E-state index contributed by atoms with van der Waals surface area (Å²) in [4.78, 5) is 21.9. The molecular formula is C34H35F8N7O2S. The quantitative estimate of drug-likeness (QED) is 0.198. The van der Waals surface area contributed by atoms with Crippen LogP contribution >= 0.6 is 11.3 Å². The van der Waals surface area contributed by atoms with Gasteiger partial charge in [0.25, 0.3) is 5.91 Å². The third kappa shape index (κ3) is 7.94. The molecule has 3 N–H and O–H groups in total. The van der Waals surface area contributed by atoms with Gasteiger partial charge in [0.15, 0.2) is 5.82 Å². The van der Waals surface area contributed by atoms with E-state index >= 15 is 4.39 Å². The number of benzene rings is 2. The first kappa shape index (κ1) is 38.7. The number of nitrogen functional groups attached to an aromatic ring is 1. The van der Waals surface area contributed by atoms with Gasteiger partial charge in [-0.3, -0.25) is 9.69 Å². The van der Waals surface area contributed by atoms with Crippen LogP contribution in [0.25, 0.3) is 32.1 Å². The maximum absolute atomic E-state index is 15.9. The lowest BCUT2D eigenvalue weighted by Gasteiger charge is -2.18. The summed E-state index contributed by atoms with van der Waals surface area (Å²) in [5.74, 6) is -3.17. The van der Waals surface area contributed by atoms with E-state index < -0.39 is 53.0 Å². The second kappa shape index (κ2) is 16.0. The number of methoxy groups -OCH3 is 1. The fourth-order valence-corrected chi connectivity index (χ4v) is 7.65. The lowest BCUT2D eigenvalue weighted by Crippen LogP contribution is -2.32. The summed E-state index contributed by atoms with van der Waals surface area (Å²) >= 11 is 0.698. The average molecular weight is 758 g/mol. The third-order valence-electron chi connectivity index (χ3n) is 9.01. The fraction of sp³-hybridized carbons (Fsp3) is 0.471. The van der Waals surface area contributed by atoms with Crippen LogP contribution in [0, 0.1) is 23.0 Å². The molecule has 0 bridgehead atoms. The predicted molar refractivity (Wildman–Crippen MR) is 181 cm³/mol. The van der Waals surface area contributed by atoms with Gasteiger partial charge >= 0.3 is 18.6 Å². The number of aromatic nitrogens is 2. The Morgan fingerprint density at radius 2 is 1.88 bits per heavy atom. The molecule has 0 spiro atoms. The number of rotatable bonds is 5. The molecule has 2 unspecified atom stereocenters. The fourth-order valence-electron chi connectivity index (χ4n) is 6.70. The van der Waals surface area contributed by atoms with Crippen molar-refractivity contribution in [3.63, 3.8) is 0 Å². The highest BCUT2D eigenvalue weighted by Crippen LogP contribution is 2.47. The first-order chi connectivity index (χ1) is 24.7. The van der Waals surface area contributed by atoms with Crippen molar-refractivity contribution in [1.82, 2.24) is 19.8 Å². The van der Waals surface area contributed by atoms with Gasteiger partial charge in [-0.1, -0.05) is 6.07 Å². The van der Waals surface area contributed by atoms with E-state index in [-0.39, 0.29) is 50.0 Å². The highest BCUT2D eigenvalue weighted by Gasteiger charge is 2.38. The number of alkyl halides is 6. The molecule has 0 aliphatic carbocycles. The number of fused-ring (bicyclic) bond motifs is 3. The van der Waals surface area contributed by atoms with Gasteiger partial charge in [0.05, 0.1) is 22.9 Å². The molecular weight excluding hydrogens is 722 g/mol. The minimum Gasteiger partial charge on any atom is -0.467 e. The first-order valence-corrected chi connectivity index (χ1v) is 17.3. The number of hydrogen-bond acceptors (Lipinski definition) is 9. The van der Waals surface area contributed by atoms with Crippen LogP contribution < -0.4 is 15.8 Å². The number of nitrogens with zero attached hydrogens (tertiary/aromatic N) is 5. The Morgan fingerprint density at radius 3 is 2.48 bits per heavy atom. The molecule has 2 aromatic heterocycles. The van der Waals surface area contributed by atoms with Crippen molar-refractivity contribution in [2.24, 2.45) is 0 Å². The zero-order chi connectivity index (χ0) is 37.9. The number of carbonyl (C=O) groups is 1. The smallest absolute Gasteiger partial charge is 0.417 e. The molecule has 2 aromatic carbocycles. The molecule has 0 radical (unpaired) electrons. The summed E-state index contributed by atoms with van der Waals surface area (Å²) in [7, 11) is 1.23. The van der Waals surface area contributed by atoms with Crippen LogP contribution in [-0.2, 0) is 11.0 Å². The van der Waals surface area contributed by atoms with Gasteiger partial charge in [0, 0.05) is 48.6 Å². The molecule has 4 aromatic rings. The van der Waals surface area contributed by atoms with Crippen LogP contribution in [0.4, 0.5) is 45.9 Å². The average Bonchev–Trinajstić information content (AvgIpc) is 3.90. The van der Waals surface area contributed by atoms with Crippen LogP contribution in [0.2, 0.25) is 0 Å². The minimum absolute atomic E-state index is 0.0444. The number of anilines is 2. The normalized spacial score (nSPS) is 18.5. The maximum atomic E-state index is 15.9. The molecule has 1 amide bonds. The Balaban J connectivity index is 0.000000221. The Labute approximate surface area is 297 Å². The van der Waals surface area contributed by atoms with Crippen LogP contribution in [-0.4, -0.2) is 84.1 Å². The zero-order valence-corrected chi connectivity index (χ0v) is 28.9. The van der Waals surface area contributed by atoms with E-state index in [0.29, 0.717) is 37.0 Å². The second-order valence-corrected chi connectivity index (χ2v) is 13.4. The molecule has 2 atom stereocenters. The lowest BCUT2D eigenvalue weighted by atomic mass is 9.92. The maximum Gasteiger partial charge on any atom is 0.417 e. The molecule has 280 valence electrons.